The summed E-state index contributed by atoms with van der Waals surface area (Å²) in [5.41, 5.74) is 6.01. The molecular weight excluding hydrogens is 254 g/mol. The summed E-state index contributed by atoms with van der Waals surface area (Å²) < 4.78 is 0. The molecule has 1 unspecified atom stereocenters. The molecule has 0 saturated carbocycles. The molecule has 1 aromatic rings. The summed E-state index contributed by atoms with van der Waals surface area (Å²) in [6.07, 6.45) is 0. The van der Waals surface area contributed by atoms with Crippen LogP contribution in [0.4, 0.5) is 0 Å². The highest BCUT2D eigenvalue weighted by molar-refractivity contribution is 7.12. The molecule has 2 N–H and O–H groups in total. The third kappa shape index (κ3) is 4.02. The van der Waals surface area contributed by atoms with Crippen LogP contribution < -0.4 is 5.73 Å². The lowest BCUT2D eigenvalue weighted by atomic mass is 10.1. The molecule has 2 rings (SSSR count). The minimum Gasteiger partial charge on any atom is -0.329 e. The first kappa shape index (κ1) is 15.0. The molecule has 3 nitrogen and oxygen atoms in total. The Bertz CT molecular complexity index is 380. The smallest absolute Gasteiger partial charge is 0.0565 e. The Morgan fingerprint density at radius 1 is 1.21 bits per heavy atom. The minimum absolute atomic E-state index is 0.417. The average Bonchev–Trinajstić information content (AvgIpc) is 2.78. The Balaban J connectivity index is 1.92. The number of hydrogen-bond donors (Lipinski definition) is 1. The first-order valence-corrected chi connectivity index (χ1v) is 8.14. The molecule has 1 aliphatic rings. The zero-order valence-corrected chi connectivity index (χ0v) is 13.2. The van der Waals surface area contributed by atoms with Gasteiger partial charge in [0.25, 0.3) is 0 Å². The maximum Gasteiger partial charge on any atom is 0.0565 e. The standard InChI is InChI=1S/C15H27N3S/c1-12(2)11-17-6-8-18(9-7-17)14(10-16)15-5-4-13(3)19-15/h4-5,12,14H,6-11,16H2,1-3H3. The molecule has 0 amide bonds. The third-order valence-electron chi connectivity index (χ3n) is 3.78. The van der Waals surface area contributed by atoms with Crippen molar-refractivity contribution in [2.24, 2.45) is 11.7 Å². The molecule has 1 fully saturated rings. The van der Waals surface area contributed by atoms with E-state index in [4.69, 9.17) is 5.73 Å². The van der Waals surface area contributed by atoms with Gasteiger partial charge in [-0.15, -0.1) is 11.3 Å². The quantitative estimate of drug-likeness (QED) is 0.899. The van der Waals surface area contributed by atoms with E-state index in [1.165, 1.54) is 29.4 Å². The molecule has 0 spiro atoms. The van der Waals surface area contributed by atoms with Crippen LogP contribution in [0.5, 0.6) is 0 Å². The van der Waals surface area contributed by atoms with Crippen molar-refractivity contribution < 1.29 is 0 Å². The number of aryl methyl sites for hydroxylation is 1. The molecule has 19 heavy (non-hydrogen) atoms. The van der Waals surface area contributed by atoms with E-state index in [2.05, 4.69) is 42.7 Å². The van der Waals surface area contributed by atoms with Crippen molar-refractivity contribution >= 4 is 11.3 Å². The monoisotopic (exact) mass is 281 g/mol. The highest BCUT2D eigenvalue weighted by Crippen LogP contribution is 2.27. The summed E-state index contributed by atoms with van der Waals surface area (Å²) in [5, 5.41) is 0. The fraction of sp³-hybridized carbons (Fsp3) is 0.733. The van der Waals surface area contributed by atoms with Crippen molar-refractivity contribution in [3.63, 3.8) is 0 Å². The van der Waals surface area contributed by atoms with Crippen LogP contribution in [0.1, 0.15) is 29.6 Å². The Kier molecular flexibility index (Phi) is 5.39. The van der Waals surface area contributed by atoms with Gasteiger partial charge in [0, 0.05) is 49.0 Å². The van der Waals surface area contributed by atoms with Crippen molar-refractivity contribution in [2.75, 3.05) is 39.3 Å². The number of rotatable bonds is 5. The van der Waals surface area contributed by atoms with E-state index in [0.29, 0.717) is 6.04 Å². The normalized spacial score (nSPS) is 20.1. The molecule has 1 atom stereocenters. The first-order valence-electron chi connectivity index (χ1n) is 7.33. The van der Waals surface area contributed by atoms with Crippen molar-refractivity contribution in [3.8, 4) is 0 Å². The van der Waals surface area contributed by atoms with Gasteiger partial charge in [0.15, 0.2) is 0 Å². The van der Waals surface area contributed by atoms with Crippen LogP contribution in [0.2, 0.25) is 0 Å². The number of nitrogens with zero attached hydrogens (tertiary/aromatic N) is 2. The van der Waals surface area contributed by atoms with Crippen molar-refractivity contribution in [3.05, 3.63) is 21.9 Å². The topological polar surface area (TPSA) is 32.5 Å². The maximum absolute atomic E-state index is 6.01. The van der Waals surface area contributed by atoms with Crippen LogP contribution >= 0.6 is 11.3 Å². The lowest BCUT2D eigenvalue weighted by Gasteiger charge is -2.39. The van der Waals surface area contributed by atoms with E-state index >= 15 is 0 Å². The molecular formula is C15H27N3S. The van der Waals surface area contributed by atoms with Gasteiger partial charge in [-0.2, -0.15) is 0 Å². The van der Waals surface area contributed by atoms with Gasteiger partial charge in [-0.3, -0.25) is 4.90 Å². The van der Waals surface area contributed by atoms with E-state index in [1.807, 2.05) is 11.3 Å². The molecule has 0 radical (unpaired) electrons. The van der Waals surface area contributed by atoms with Crippen LogP contribution in [0.25, 0.3) is 0 Å². The van der Waals surface area contributed by atoms with Crippen molar-refractivity contribution in [1.29, 1.82) is 0 Å². The fourth-order valence-corrected chi connectivity index (χ4v) is 3.88. The molecule has 108 valence electrons. The zero-order chi connectivity index (χ0) is 13.8. The van der Waals surface area contributed by atoms with Crippen LogP contribution in [0.3, 0.4) is 0 Å². The van der Waals surface area contributed by atoms with Gasteiger partial charge in [0.2, 0.25) is 0 Å². The second-order valence-electron chi connectivity index (χ2n) is 5.93. The molecule has 0 aromatic carbocycles. The summed E-state index contributed by atoms with van der Waals surface area (Å²) in [5.74, 6) is 0.761. The van der Waals surface area contributed by atoms with E-state index in [9.17, 15) is 0 Å². The molecule has 2 heterocycles. The number of nitrogens with two attached hydrogens (primary N) is 1. The number of hydrogen-bond acceptors (Lipinski definition) is 4. The number of thiophene rings is 1. The summed E-state index contributed by atoms with van der Waals surface area (Å²) >= 11 is 1.89. The summed E-state index contributed by atoms with van der Waals surface area (Å²) in [4.78, 5) is 7.94. The van der Waals surface area contributed by atoms with Gasteiger partial charge in [-0.25, -0.2) is 0 Å². The molecule has 0 aliphatic carbocycles. The summed E-state index contributed by atoms with van der Waals surface area (Å²) in [6, 6.07) is 4.87. The molecule has 1 aromatic heterocycles. The third-order valence-corrected chi connectivity index (χ3v) is 4.89. The van der Waals surface area contributed by atoms with Crippen molar-refractivity contribution in [2.45, 2.75) is 26.8 Å². The molecule has 1 saturated heterocycles. The maximum atomic E-state index is 6.01. The average molecular weight is 281 g/mol. The van der Waals surface area contributed by atoms with Crippen LogP contribution in [-0.2, 0) is 0 Å². The van der Waals surface area contributed by atoms with Gasteiger partial charge < -0.3 is 10.6 Å². The lowest BCUT2D eigenvalue weighted by Crippen LogP contribution is -2.49. The SMILES string of the molecule is Cc1ccc(C(CN)N2CCN(CC(C)C)CC2)s1. The van der Waals surface area contributed by atoms with Crippen LogP contribution in [0, 0.1) is 12.8 Å². The van der Waals surface area contributed by atoms with E-state index in [-0.39, 0.29) is 0 Å². The predicted molar refractivity (Wildman–Crippen MR) is 83.7 cm³/mol. The van der Waals surface area contributed by atoms with Gasteiger partial charge in [-0.05, 0) is 25.0 Å². The van der Waals surface area contributed by atoms with E-state index in [0.717, 1.165) is 25.6 Å². The largest absolute Gasteiger partial charge is 0.329 e. The Morgan fingerprint density at radius 3 is 2.37 bits per heavy atom. The van der Waals surface area contributed by atoms with Crippen molar-refractivity contribution in [1.82, 2.24) is 9.80 Å². The molecule has 4 heteroatoms. The molecule has 0 bridgehead atoms. The van der Waals surface area contributed by atoms with E-state index in [1.54, 1.807) is 0 Å². The van der Waals surface area contributed by atoms with E-state index < -0.39 is 0 Å². The first-order chi connectivity index (χ1) is 9.10. The summed E-state index contributed by atoms with van der Waals surface area (Å²) in [7, 11) is 0. The Hall–Kier alpha value is -0.420. The van der Waals surface area contributed by atoms with Gasteiger partial charge in [-0.1, -0.05) is 13.8 Å². The van der Waals surface area contributed by atoms with Crippen LogP contribution in [-0.4, -0.2) is 49.1 Å². The van der Waals surface area contributed by atoms with Crippen LogP contribution in [0.15, 0.2) is 12.1 Å². The highest BCUT2D eigenvalue weighted by Gasteiger charge is 2.25. The lowest BCUT2D eigenvalue weighted by molar-refractivity contribution is 0.0924. The van der Waals surface area contributed by atoms with Gasteiger partial charge >= 0.3 is 0 Å². The second-order valence-corrected chi connectivity index (χ2v) is 7.25. The minimum atomic E-state index is 0.417. The molecule has 1 aliphatic heterocycles. The van der Waals surface area contributed by atoms with Gasteiger partial charge in [0.1, 0.15) is 0 Å². The summed E-state index contributed by atoms with van der Waals surface area (Å²) in [6.45, 7) is 13.4. The Labute approximate surface area is 121 Å². The van der Waals surface area contributed by atoms with Gasteiger partial charge in [0.05, 0.1) is 6.04 Å². The zero-order valence-electron chi connectivity index (χ0n) is 12.4. The highest BCUT2D eigenvalue weighted by atomic mass is 32.1. The Morgan fingerprint density at radius 2 is 1.89 bits per heavy atom. The number of piperazine rings is 1. The second kappa shape index (κ2) is 6.84. The fourth-order valence-electron chi connectivity index (χ4n) is 2.85. The predicted octanol–water partition coefficient (Wildman–Crippen LogP) is 2.33.